The summed E-state index contributed by atoms with van der Waals surface area (Å²) < 4.78 is 115. The van der Waals surface area contributed by atoms with E-state index in [9.17, 15) is 44.7 Å². The number of carbonyl (C=O) groups excluding carboxylic acids is 2. The molecule has 3 aromatic carbocycles. The summed E-state index contributed by atoms with van der Waals surface area (Å²) in [6.45, 7) is -0.515. The third-order valence-electron chi connectivity index (χ3n) is 7.38. The summed E-state index contributed by atoms with van der Waals surface area (Å²) in [6.07, 6.45) is -8.92. The van der Waals surface area contributed by atoms with Crippen LogP contribution >= 0.6 is 0 Å². The molecule has 242 valence electrons. The Bertz CT molecular complexity index is 1490. The molecule has 14 heteroatoms. The highest BCUT2D eigenvalue weighted by atomic mass is 19.4. The molecule has 4 rings (SSSR count). The standard InChI is InChI=1S/C31H28F8N2O4/c32-23-7-5-21(25(33)17-23)15-28(43)40-26-16-22(29(44-19-42)11-1-2-12-29)6-10-27(26)41(14-13-30(34,35)36)18-20-3-8-24(9-4-20)45-31(37,38)39/h3-10,16-17,19H,1-2,11-15,18H2,(H,40,43). The van der Waals surface area contributed by atoms with Gasteiger partial charge in [-0.2, -0.15) is 13.2 Å². The molecule has 0 aromatic heterocycles. The molecule has 0 aliphatic heterocycles. The van der Waals surface area contributed by atoms with Crippen LogP contribution in [0.1, 0.15) is 48.8 Å². The molecular formula is C31H28F8N2O4. The highest BCUT2D eigenvalue weighted by Crippen LogP contribution is 2.44. The molecule has 1 aliphatic rings. The predicted octanol–water partition coefficient (Wildman–Crippen LogP) is 7.95. The molecule has 1 fully saturated rings. The normalized spacial score (nSPS) is 14.6. The zero-order valence-electron chi connectivity index (χ0n) is 23.6. The lowest BCUT2D eigenvalue weighted by Crippen LogP contribution is -2.30. The first-order valence-corrected chi connectivity index (χ1v) is 13.8. The number of carbonyl (C=O) groups is 2. The minimum Gasteiger partial charge on any atom is -0.456 e. The van der Waals surface area contributed by atoms with E-state index < -0.39 is 60.8 Å². The Balaban J connectivity index is 1.72. The first-order valence-electron chi connectivity index (χ1n) is 13.8. The van der Waals surface area contributed by atoms with Gasteiger partial charge in [-0.3, -0.25) is 9.59 Å². The van der Waals surface area contributed by atoms with Crippen LogP contribution in [0.3, 0.4) is 0 Å². The Kier molecular flexibility index (Phi) is 10.2. The fourth-order valence-electron chi connectivity index (χ4n) is 5.30. The average molecular weight is 645 g/mol. The first kappa shape index (κ1) is 33.5. The van der Waals surface area contributed by atoms with Crippen LogP contribution in [0.5, 0.6) is 5.75 Å². The zero-order chi connectivity index (χ0) is 32.8. The molecule has 0 atom stereocenters. The maximum absolute atomic E-state index is 14.3. The molecule has 3 aromatic rings. The fraction of sp³-hybridized carbons (Fsp3) is 0.355. The van der Waals surface area contributed by atoms with Crippen LogP contribution in [0.4, 0.5) is 46.5 Å². The van der Waals surface area contributed by atoms with Crippen LogP contribution in [0.25, 0.3) is 0 Å². The zero-order valence-corrected chi connectivity index (χ0v) is 23.6. The quantitative estimate of drug-likeness (QED) is 0.160. The molecule has 1 amide bonds. The van der Waals surface area contributed by atoms with Crippen molar-refractivity contribution in [2.75, 3.05) is 16.8 Å². The number of nitrogens with zero attached hydrogens (tertiary/aromatic N) is 1. The van der Waals surface area contributed by atoms with E-state index in [0.717, 1.165) is 37.1 Å². The van der Waals surface area contributed by atoms with Gasteiger partial charge in [0.1, 0.15) is 23.0 Å². The number of amides is 1. The summed E-state index contributed by atoms with van der Waals surface area (Å²) in [4.78, 5) is 25.8. The van der Waals surface area contributed by atoms with Crippen LogP contribution < -0.4 is 15.0 Å². The van der Waals surface area contributed by atoms with Gasteiger partial charge in [0.15, 0.2) is 0 Å². The van der Waals surface area contributed by atoms with Crippen molar-refractivity contribution in [3.05, 3.63) is 89.0 Å². The lowest BCUT2D eigenvalue weighted by molar-refractivity contribution is -0.274. The number of benzene rings is 3. The number of alkyl halides is 6. The number of hydrogen-bond donors (Lipinski definition) is 1. The summed E-state index contributed by atoms with van der Waals surface area (Å²) in [7, 11) is 0. The van der Waals surface area contributed by atoms with E-state index in [1.54, 1.807) is 6.07 Å². The number of hydrogen-bond acceptors (Lipinski definition) is 5. The summed E-state index contributed by atoms with van der Waals surface area (Å²) >= 11 is 0. The molecule has 45 heavy (non-hydrogen) atoms. The number of rotatable bonds is 12. The van der Waals surface area contributed by atoms with Crippen molar-refractivity contribution in [3.63, 3.8) is 0 Å². The van der Waals surface area contributed by atoms with Crippen LogP contribution in [-0.2, 0) is 32.9 Å². The molecule has 0 heterocycles. The van der Waals surface area contributed by atoms with Crippen molar-refractivity contribution in [2.45, 2.75) is 63.2 Å². The second kappa shape index (κ2) is 13.7. The SMILES string of the molecule is O=COC1(c2ccc(N(CCC(F)(F)F)Cc3ccc(OC(F)(F)F)cc3)c(NC(=O)Cc3ccc(F)cc3F)c2)CCCC1. The molecule has 6 nitrogen and oxygen atoms in total. The van der Waals surface area contributed by atoms with Gasteiger partial charge in [0.25, 0.3) is 6.47 Å². The third-order valence-corrected chi connectivity index (χ3v) is 7.38. The van der Waals surface area contributed by atoms with E-state index in [2.05, 4.69) is 10.1 Å². The van der Waals surface area contributed by atoms with Crippen molar-refractivity contribution in [2.24, 2.45) is 0 Å². The topological polar surface area (TPSA) is 67.9 Å². The predicted molar refractivity (Wildman–Crippen MR) is 147 cm³/mol. The van der Waals surface area contributed by atoms with E-state index in [1.807, 2.05) is 0 Å². The van der Waals surface area contributed by atoms with Gasteiger partial charge in [-0.25, -0.2) is 8.78 Å². The van der Waals surface area contributed by atoms with Crippen LogP contribution in [0.2, 0.25) is 0 Å². The van der Waals surface area contributed by atoms with Crippen molar-refractivity contribution in [1.29, 1.82) is 0 Å². The average Bonchev–Trinajstić information content (AvgIpc) is 3.42. The van der Waals surface area contributed by atoms with Gasteiger partial charge in [-0.1, -0.05) is 24.3 Å². The molecule has 0 bridgehead atoms. The van der Waals surface area contributed by atoms with E-state index in [0.29, 0.717) is 36.5 Å². The maximum Gasteiger partial charge on any atom is 0.573 e. The number of anilines is 2. The van der Waals surface area contributed by atoms with Crippen LogP contribution in [0.15, 0.2) is 60.7 Å². The Morgan fingerprint density at radius 1 is 0.933 bits per heavy atom. The van der Waals surface area contributed by atoms with Gasteiger partial charge in [0, 0.05) is 19.2 Å². The van der Waals surface area contributed by atoms with Crippen molar-refractivity contribution in [3.8, 4) is 5.75 Å². The molecular weight excluding hydrogens is 616 g/mol. The maximum atomic E-state index is 14.3. The first-order chi connectivity index (χ1) is 21.2. The Morgan fingerprint density at radius 2 is 1.62 bits per heavy atom. The highest BCUT2D eigenvalue weighted by molar-refractivity contribution is 5.96. The van der Waals surface area contributed by atoms with Gasteiger partial charge >= 0.3 is 12.5 Å². The van der Waals surface area contributed by atoms with Gasteiger partial charge in [-0.15, -0.1) is 13.2 Å². The van der Waals surface area contributed by atoms with Crippen LogP contribution in [-0.4, -0.2) is 31.5 Å². The molecule has 0 radical (unpaired) electrons. The van der Waals surface area contributed by atoms with Gasteiger partial charge < -0.3 is 19.7 Å². The lowest BCUT2D eigenvalue weighted by atomic mass is 9.91. The highest BCUT2D eigenvalue weighted by Gasteiger charge is 2.38. The summed E-state index contributed by atoms with van der Waals surface area (Å²) in [5.41, 5.74) is -0.209. The second-order valence-electron chi connectivity index (χ2n) is 10.6. The third kappa shape index (κ3) is 9.32. The molecule has 1 aliphatic carbocycles. The van der Waals surface area contributed by atoms with E-state index in [-0.39, 0.29) is 23.5 Å². The number of nitrogens with one attached hydrogen (secondary N) is 1. The molecule has 0 unspecified atom stereocenters. The van der Waals surface area contributed by atoms with E-state index >= 15 is 0 Å². The Hall–Kier alpha value is -4.36. The van der Waals surface area contributed by atoms with Crippen LogP contribution in [0, 0.1) is 11.6 Å². The van der Waals surface area contributed by atoms with Gasteiger partial charge in [0.05, 0.1) is 24.2 Å². The minimum atomic E-state index is -4.93. The fourth-order valence-corrected chi connectivity index (χ4v) is 5.30. The van der Waals surface area contributed by atoms with Gasteiger partial charge in [0.2, 0.25) is 5.91 Å². The van der Waals surface area contributed by atoms with Gasteiger partial charge in [-0.05, 0) is 72.7 Å². The monoisotopic (exact) mass is 644 g/mol. The van der Waals surface area contributed by atoms with Crippen molar-refractivity contribution in [1.82, 2.24) is 0 Å². The smallest absolute Gasteiger partial charge is 0.456 e. The lowest BCUT2D eigenvalue weighted by Gasteiger charge is -2.31. The molecule has 1 N–H and O–H groups in total. The molecule has 0 saturated heterocycles. The number of ether oxygens (including phenoxy) is 2. The Labute approximate surface area is 252 Å². The summed E-state index contributed by atoms with van der Waals surface area (Å²) in [5.74, 6) is -3.09. The number of halogens is 8. The second-order valence-corrected chi connectivity index (χ2v) is 10.6. The van der Waals surface area contributed by atoms with Crippen molar-refractivity contribution < 1.29 is 54.2 Å². The molecule has 0 spiro atoms. The van der Waals surface area contributed by atoms with E-state index in [4.69, 9.17) is 4.74 Å². The van der Waals surface area contributed by atoms with E-state index in [1.165, 1.54) is 29.2 Å². The largest absolute Gasteiger partial charge is 0.573 e. The van der Waals surface area contributed by atoms with Crippen molar-refractivity contribution >= 4 is 23.8 Å². The minimum absolute atomic E-state index is 0.0278. The Morgan fingerprint density at radius 3 is 2.22 bits per heavy atom. The summed E-state index contributed by atoms with van der Waals surface area (Å²) in [5, 5.41) is 2.61. The summed E-state index contributed by atoms with van der Waals surface area (Å²) in [6, 6.07) is 11.7. The molecule has 1 saturated carbocycles.